The van der Waals surface area contributed by atoms with Gasteiger partial charge in [-0.2, -0.15) is 0 Å². The molecular formula is C13H21ClN2S. The molecule has 1 fully saturated rings. The van der Waals surface area contributed by atoms with Crippen LogP contribution in [0.1, 0.15) is 56.8 Å². The standard InChI is InChI=1S/C13H21ClN2S/c1-4-12-6-5-9(2)16(12)10(3)13-15-11(7-14)8-17-13/h8-10,12H,4-7H2,1-3H3. The van der Waals surface area contributed by atoms with Gasteiger partial charge in [-0.1, -0.05) is 6.92 Å². The monoisotopic (exact) mass is 272 g/mol. The fourth-order valence-electron chi connectivity index (χ4n) is 2.91. The van der Waals surface area contributed by atoms with Crippen molar-refractivity contribution in [2.75, 3.05) is 0 Å². The molecule has 3 atom stereocenters. The fourth-order valence-corrected chi connectivity index (χ4v) is 4.02. The maximum absolute atomic E-state index is 5.82. The van der Waals surface area contributed by atoms with E-state index >= 15 is 0 Å². The Kier molecular flexibility index (Phi) is 4.45. The lowest BCUT2D eigenvalue weighted by Gasteiger charge is -2.32. The molecule has 1 aromatic rings. The average Bonchev–Trinajstić information content (AvgIpc) is 2.94. The van der Waals surface area contributed by atoms with Crippen LogP contribution in [0.4, 0.5) is 0 Å². The van der Waals surface area contributed by atoms with Crippen LogP contribution in [0.5, 0.6) is 0 Å². The SMILES string of the molecule is CCC1CCC(C)N1C(C)c1nc(CCl)cs1. The van der Waals surface area contributed by atoms with Gasteiger partial charge in [-0.15, -0.1) is 22.9 Å². The maximum atomic E-state index is 5.82. The topological polar surface area (TPSA) is 16.1 Å². The molecule has 0 N–H and O–H groups in total. The molecule has 2 heterocycles. The number of likely N-dealkylation sites (tertiary alicyclic amines) is 1. The van der Waals surface area contributed by atoms with Gasteiger partial charge in [-0.3, -0.25) is 4.90 Å². The van der Waals surface area contributed by atoms with Gasteiger partial charge in [0.05, 0.1) is 17.6 Å². The number of hydrogen-bond donors (Lipinski definition) is 0. The summed E-state index contributed by atoms with van der Waals surface area (Å²) in [5.41, 5.74) is 1.01. The Morgan fingerprint density at radius 3 is 2.94 bits per heavy atom. The molecule has 0 spiro atoms. The highest BCUT2D eigenvalue weighted by molar-refractivity contribution is 7.09. The second-order valence-corrected chi connectivity index (χ2v) is 6.08. The van der Waals surface area contributed by atoms with Crippen molar-refractivity contribution in [1.82, 2.24) is 9.88 Å². The minimum Gasteiger partial charge on any atom is -0.289 e. The van der Waals surface area contributed by atoms with Gasteiger partial charge in [0.15, 0.2) is 0 Å². The third kappa shape index (κ3) is 2.67. The third-order valence-corrected chi connectivity index (χ3v) is 5.17. The molecule has 1 saturated heterocycles. The van der Waals surface area contributed by atoms with E-state index in [1.807, 2.05) is 0 Å². The summed E-state index contributed by atoms with van der Waals surface area (Å²) < 4.78 is 0. The van der Waals surface area contributed by atoms with E-state index < -0.39 is 0 Å². The second kappa shape index (κ2) is 5.68. The lowest BCUT2D eigenvalue weighted by Crippen LogP contribution is -2.36. The number of thiazole rings is 1. The van der Waals surface area contributed by atoms with Crippen LogP contribution in [-0.2, 0) is 5.88 Å². The van der Waals surface area contributed by atoms with Gasteiger partial charge in [0.25, 0.3) is 0 Å². The first-order valence-corrected chi connectivity index (χ1v) is 7.86. The summed E-state index contributed by atoms with van der Waals surface area (Å²) in [6.45, 7) is 6.90. The molecule has 1 aromatic heterocycles. The Hall–Kier alpha value is -0.120. The van der Waals surface area contributed by atoms with Crippen molar-refractivity contribution in [2.24, 2.45) is 0 Å². The summed E-state index contributed by atoms with van der Waals surface area (Å²) in [5, 5.41) is 3.30. The molecule has 0 bridgehead atoms. The zero-order valence-corrected chi connectivity index (χ0v) is 12.4. The normalized spacial score (nSPS) is 27.5. The van der Waals surface area contributed by atoms with Crippen molar-refractivity contribution in [3.05, 3.63) is 16.1 Å². The van der Waals surface area contributed by atoms with Crippen molar-refractivity contribution < 1.29 is 0 Å². The lowest BCUT2D eigenvalue weighted by atomic mass is 10.1. The van der Waals surface area contributed by atoms with Crippen LogP contribution in [0.25, 0.3) is 0 Å². The van der Waals surface area contributed by atoms with Gasteiger partial charge in [0.1, 0.15) is 5.01 Å². The van der Waals surface area contributed by atoms with Crippen LogP contribution in [0, 0.1) is 0 Å². The number of nitrogens with zero attached hydrogens (tertiary/aromatic N) is 2. The molecule has 96 valence electrons. The molecule has 0 aliphatic carbocycles. The summed E-state index contributed by atoms with van der Waals surface area (Å²) in [6, 6.07) is 1.83. The highest BCUT2D eigenvalue weighted by atomic mass is 35.5. The number of aromatic nitrogens is 1. The predicted molar refractivity (Wildman–Crippen MR) is 74.7 cm³/mol. The zero-order valence-electron chi connectivity index (χ0n) is 10.8. The molecule has 2 rings (SSSR count). The highest BCUT2D eigenvalue weighted by Crippen LogP contribution is 2.35. The quantitative estimate of drug-likeness (QED) is 0.764. The molecule has 0 radical (unpaired) electrons. The van der Waals surface area contributed by atoms with E-state index in [4.69, 9.17) is 11.6 Å². The molecule has 0 saturated carbocycles. The first-order valence-electron chi connectivity index (χ1n) is 6.45. The molecular weight excluding hydrogens is 252 g/mol. The number of hydrogen-bond acceptors (Lipinski definition) is 3. The maximum Gasteiger partial charge on any atom is 0.110 e. The Balaban J connectivity index is 2.15. The van der Waals surface area contributed by atoms with Crippen molar-refractivity contribution in [1.29, 1.82) is 0 Å². The summed E-state index contributed by atoms with van der Waals surface area (Å²) >= 11 is 7.57. The van der Waals surface area contributed by atoms with E-state index in [9.17, 15) is 0 Å². The Morgan fingerprint density at radius 2 is 2.35 bits per heavy atom. The summed E-state index contributed by atoms with van der Waals surface area (Å²) in [5.74, 6) is 0.524. The second-order valence-electron chi connectivity index (χ2n) is 4.92. The van der Waals surface area contributed by atoms with Crippen LogP contribution in [0.2, 0.25) is 0 Å². The minimum absolute atomic E-state index is 0.430. The highest BCUT2D eigenvalue weighted by Gasteiger charge is 2.34. The Bertz CT molecular complexity index is 366. The van der Waals surface area contributed by atoms with E-state index in [-0.39, 0.29) is 0 Å². The smallest absolute Gasteiger partial charge is 0.110 e. The molecule has 4 heteroatoms. The molecule has 1 aliphatic heterocycles. The molecule has 1 aliphatic rings. The minimum atomic E-state index is 0.430. The zero-order chi connectivity index (χ0) is 12.4. The van der Waals surface area contributed by atoms with Gasteiger partial charge in [-0.05, 0) is 33.1 Å². The largest absolute Gasteiger partial charge is 0.289 e. The van der Waals surface area contributed by atoms with Gasteiger partial charge in [0, 0.05) is 17.5 Å². The van der Waals surface area contributed by atoms with Crippen LogP contribution in [0.3, 0.4) is 0 Å². The fraction of sp³-hybridized carbons (Fsp3) is 0.769. The van der Waals surface area contributed by atoms with Crippen molar-refractivity contribution in [3.63, 3.8) is 0 Å². The van der Waals surface area contributed by atoms with E-state index in [1.54, 1.807) is 11.3 Å². The Labute approximate surface area is 113 Å². The third-order valence-electron chi connectivity index (χ3n) is 3.83. The van der Waals surface area contributed by atoms with E-state index in [0.29, 0.717) is 18.0 Å². The lowest BCUT2D eigenvalue weighted by molar-refractivity contribution is 0.143. The molecule has 17 heavy (non-hydrogen) atoms. The predicted octanol–water partition coefficient (Wildman–Crippen LogP) is 4.21. The first kappa shape index (κ1) is 13.3. The van der Waals surface area contributed by atoms with Gasteiger partial charge >= 0.3 is 0 Å². The molecule has 0 aromatic carbocycles. The van der Waals surface area contributed by atoms with Crippen molar-refractivity contribution >= 4 is 22.9 Å². The van der Waals surface area contributed by atoms with Gasteiger partial charge in [-0.25, -0.2) is 4.98 Å². The molecule has 2 nitrogen and oxygen atoms in total. The van der Waals surface area contributed by atoms with Gasteiger partial charge in [0.2, 0.25) is 0 Å². The van der Waals surface area contributed by atoms with Crippen molar-refractivity contribution in [2.45, 2.75) is 64.0 Å². The summed E-state index contributed by atoms with van der Waals surface area (Å²) in [4.78, 5) is 7.26. The van der Waals surface area contributed by atoms with E-state index in [1.165, 1.54) is 24.3 Å². The van der Waals surface area contributed by atoms with E-state index in [0.717, 1.165) is 11.7 Å². The van der Waals surface area contributed by atoms with E-state index in [2.05, 4.69) is 36.0 Å². The van der Waals surface area contributed by atoms with Crippen LogP contribution in [-0.4, -0.2) is 22.0 Å². The van der Waals surface area contributed by atoms with Crippen LogP contribution < -0.4 is 0 Å². The Morgan fingerprint density at radius 1 is 1.59 bits per heavy atom. The molecule has 0 amide bonds. The average molecular weight is 273 g/mol. The molecule has 3 unspecified atom stereocenters. The van der Waals surface area contributed by atoms with Gasteiger partial charge < -0.3 is 0 Å². The summed E-state index contributed by atoms with van der Waals surface area (Å²) in [6.07, 6.45) is 3.88. The van der Waals surface area contributed by atoms with Crippen LogP contribution >= 0.6 is 22.9 Å². The van der Waals surface area contributed by atoms with Crippen molar-refractivity contribution in [3.8, 4) is 0 Å². The number of halogens is 1. The number of rotatable bonds is 4. The first-order chi connectivity index (χ1) is 8.17. The van der Waals surface area contributed by atoms with Crippen LogP contribution in [0.15, 0.2) is 5.38 Å². The summed E-state index contributed by atoms with van der Waals surface area (Å²) in [7, 11) is 0. The number of alkyl halides is 1.